The molecule has 0 aliphatic heterocycles. The molecule has 1 aromatic heterocycles. The maximum absolute atomic E-state index is 13.1. The molecule has 2 aromatic carbocycles. The number of benzene rings is 2. The number of aromatic nitrogens is 2. The summed E-state index contributed by atoms with van der Waals surface area (Å²) < 4.78 is 39.0. The Hall–Kier alpha value is -2.89. The van der Waals surface area contributed by atoms with Crippen LogP contribution in [0.15, 0.2) is 41.2 Å². The van der Waals surface area contributed by atoms with Gasteiger partial charge in [0, 0.05) is 0 Å². The molecule has 1 N–H and O–H groups in total. The maximum atomic E-state index is 13.1. The largest absolute Gasteiger partial charge is 0.306 e. The molecule has 0 spiro atoms. The Bertz CT molecular complexity index is 948. The topological polar surface area (TPSA) is 45.8 Å². The van der Waals surface area contributed by atoms with Crippen LogP contribution in [0.5, 0.6) is 0 Å². The van der Waals surface area contributed by atoms with Crippen LogP contribution < -0.4 is 5.56 Å². The predicted molar refractivity (Wildman–Crippen MR) is 77.6 cm³/mol. The molecule has 0 bridgehead atoms. The van der Waals surface area contributed by atoms with Crippen molar-refractivity contribution in [1.29, 1.82) is 0 Å². The first-order valence-corrected chi connectivity index (χ1v) is 6.36. The van der Waals surface area contributed by atoms with Gasteiger partial charge in [-0.25, -0.2) is 18.2 Å². The van der Waals surface area contributed by atoms with E-state index in [1.54, 1.807) is 0 Å². The lowest BCUT2D eigenvalue weighted by atomic mass is 10.2. The standard InChI is InChI=1S/C16H9F3N2O/c17-10-3-5-14-11(8-10)16(22)21-15(20-14)6-2-9-1-4-12(18)13(19)7-9/h1-8H,(H,20,21,22)/b6-2+. The second-order valence-electron chi connectivity index (χ2n) is 4.62. The molecule has 22 heavy (non-hydrogen) atoms. The average molecular weight is 302 g/mol. The number of hydrogen-bond donors (Lipinski definition) is 1. The van der Waals surface area contributed by atoms with Crippen LogP contribution in [-0.2, 0) is 0 Å². The van der Waals surface area contributed by atoms with E-state index in [0.717, 1.165) is 18.2 Å². The number of aromatic amines is 1. The summed E-state index contributed by atoms with van der Waals surface area (Å²) in [6.07, 6.45) is 2.94. The van der Waals surface area contributed by atoms with E-state index in [2.05, 4.69) is 9.97 Å². The van der Waals surface area contributed by atoms with Gasteiger partial charge >= 0.3 is 0 Å². The molecule has 0 aliphatic carbocycles. The number of H-pyrrole nitrogens is 1. The molecule has 0 saturated carbocycles. The van der Waals surface area contributed by atoms with Gasteiger partial charge in [-0.05, 0) is 42.0 Å². The van der Waals surface area contributed by atoms with E-state index in [1.807, 2.05) is 0 Å². The summed E-state index contributed by atoms with van der Waals surface area (Å²) in [4.78, 5) is 18.5. The highest BCUT2D eigenvalue weighted by molar-refractivity contribution is 5.79. The molecular weight excluding hydrogens is 293 g/mol. The molecule has 0 amide bonds. The van der Waals surface area contributed by atoms with E-state index >= 15 is 0 Å². The maximum Gasteiger partial charge on any atom is 0.259 e. The normalized spacial score (nSPS) is 11.4. The van der Waals surface area contributed by atoms with Crippen molar-refractivity contribution < 1.29 is 13.2 Å². The fourth-order valence-electron chi connectivity index (χ4n) is 2.00. The molecule has 0 saturated heterocycles. The lowest BCUT2D eigenvalue weighted by molar-refractivity contribution is 0.508. The fourth-order valence-corrected chi connectivity index (χ4v) is 2.00. The molecule has 0 fully saturated rings. The third-order valence-electron chi connectivity index (χ3n) is 3.06. The zero-order chi connectivity index (χ0) is 15.7. The lowest BCUT2D eigenvalue weighted by Gasteiger charge is -1.99. The first kappa shape index (κ1) is 14.1. The van der Waals surface area contributed by atoms with E-state index in [9.17, 15) is 18.0 Å². The van der Waals surface area contributed by atoms with E-state index < -0.39 is 23.0 Å². The van der Waals surface area contributed by atoms with Crippen LogP contribution in [0.25, 0.3) is 23.1 Å². The number of rotatable bonds is 2. The zero-order valence-electron chi connectivity index (χ0n) is 11.1. The van der Waals surface area contributed by atoms with Gasteiger partial charge in [0.05, 0.1) is 10.9 Å². The van der Waals surface area contributed by atoms with Crippen molar-refractivity contribution in [3.63, 3.8) is 0 Å². The Morgan fingerprint density at radius 3 is 2.55 bits per heavy atom. The van der Waals surface area contributed by atoms with Crippen LogP contribution in [0.1, 0.15) is 11.4 Å². The zero-order valence-corrected chi connectivity index (χ0v) is 11.1. The van der Waals surface area contributed by atoms with Crippen molar-refractivity contribution in [2.45, 2.75) is 0 Å². The SMILES string of the molecule is O=c1[nH]c(/C=C/c2ccc(F)c(F)c2)nc2ccc(F)cc12. The van der Waals surface area contributed by atoms with Crippen molar-refractivity contribution in [1.82, 2.24) is 9.97 Å². The Morgan fingerprint density at radius 1 is 0.955 bits per heavy atom. The second kappa shape index (κ2) is 5.48. The summed E-state index contributed by atoms with van der Waals surface area (Å²) in [7, 11) is 0. The molecule has 3 nitrogen and oxygen atoms in total. The summed E-state index contributed by atoms with van der Waals surface area (Å²) in [6.45, 7) is 0. The summed E-state index contributed by atoms with van der Waals surface area (Å²) in [5.41, 5.74) is 0.283. The Morgan fingerprint density at radius 2 is 1.77 bits per heavy atom. The summed E-state index contributed by atoms with van der Waals surface area (Å²) in [5, 5.41) is 0.143. The second-order valence-corrected chi connectivity index (χ2v) is 4.62. The van der Waals surface area contributed by atoms with Gasteiger partial charge in [0.1, 0.15) is 11.6 Å². The van der Waals surface area contributed by atoms with Gasteiger partial charge < -0.3 is 4.98 Å². The summed E-state index contributed by atoms with van der Waals surface area (Å²) >= 11 is 0. The highest BCUT2D eigenvalue weighted by atomic mass is 19.2. The first-order valence-electron chi connectivity index (χ1n) is 6.36. The van der Waals surface area contributed by atoms with Gasteiger partial charge in [0.2, 0.25) is 0 Å². The fraction of sp³-hybridized carbons (Fsp3) is 0. The van der Waals surface area contributed by atoms with Crippen LogP contribution in [0.4, 0.5) is 13.2 Å². The molecule has 0 aliphatic rings. The molecule has 0 radical (unpaired) electrons. The molecular formula is C16H9F3N2O. The third kappa shape index (κ3) is 2.76. The van der Waals surface area contributed by atoms with Gasteiger partial charge in [0.15, 0.2) is 11.6 Å². The quantitative estimate of drug-likeness (QED) is 0.787. The van der Waals surface area contributed by atoms with E-state index in [4.69, 9.17) is 0 Å². The van der Waals surface area contributed by atoms with Gasteiger partial charge in [-0.1, -0.05) is 12.1 Å². The smallest absolute Gasteiger partial charge is 0.259 e. The Kier molecular flexibility index (Phi) is 3.50. The minimum absolute atomic E-state index is 0.143. The van der Waals surface area contributed by atoms with Gasteiger partial charge in [0.25, 0.3) is 5.56 Å². The number of nitrogens with one attached hydrogen (secondary N) is 1. The van der Waals surface area contributed by atoms with Crippen molar-refractivity contribution >= 4 is 23.1 Å². The van der Waals surface area contributed by atoms with E-state index in [-0.39, 0.29) is 11.2 Å². The highest BCUT2D eigenvalue weighted by Crippen LogP contribution is 2.13. The van der Waals surface area contributed by atoms with E-state index in [1.165, 1.54) is 30.4 Å². The van der Waals surface area contributed by atoms with Gasteiger partial charge in [-0.15, -0.1) is 0 Å². The van der Waals surface area contributed by atoms with Crippen LogP contribution in [-0.4, -0.2) is 9.97 Å². The number of fused-ring (bicyclic) bond motifs is 1. The van der Waals surface area contributed by atoms with Crippen LogP contribution in [0.2, 0.25) is 0 Å². The predicted octanol–water partition coefficient (Wildman–Crippen LogP) is 3.51. The monoisotopic (exact) mass is 302 g/mol. The lowest BCUT2D eigenvalue weighted by Crippen LogP contribution is -2.09. The number of nitrogens with zero attached hydrogens (tertiary/aromatic N) is 1. The number of halogens is 3. The first-order chi connectivity index (χ1) is 10.5. The Labute approximate surface area is 122 Å². The third-order valence-corrected chi connectivity index (χ3v) is 3.06. The minimum atomic E-state index is -0.961. The van der Waals surface area contributed by atoms with Crippen LogP contribution in [0.3, 0.4) is 0 Å². The van der Waals surface area contributed by atoms with Crippen LogP contribution >= 0.6 is 0 Å². The van der Waals surface area contributed by atoms with Crippen LogP contribution in [0, 0.1) is 17.5 Å². The average Bonchev–Trinajstić information content (AvgIpc) is 2.49. The van der Waals surface area contributed by atoms with Crippen molar-refractivity contribution in [3.05, 3.63) is 75.6 Å². The Balaban J connectivity index is 2.00. The molecule has 0 atom stereocenters. The molecule has 1 heterocycles. The molecule has 3 rings (SSSR count). The summed E-state index contributed by atoms with van der Waals surface area (Å²) in [6, 6.07) is 7.13. The van der Waals surface area contributed by atoms with E-state index in [0.29, 0.717) is 11.1 Å². The molecule has 0 unspecified atom stereocenters. The van der Waals surface area contributed by atoms with Crippen molar-refractivity contribution in [2.75, 3.05) is 0 Å². The number of hydrogen-bond acceptors (Lipinski definition) is 2. The van der Waals surface area contributed by atoms with Crippen molar-refractivity contribution in [2.24, 2.45) is 0 Å². The van der Waals surface area contributed by atoms with Gasteiger partial charge in [-0.3, -0.25) is 4.79 Å². The molecule has 110 valence electrons. The minimum Gasteiger partial charge on any atom is -0.306 e. The van der Waals surface area contributed by atoms with Gasteiger partial charge in [-0.2, -0.15) is 0 Å². The molecule has 3 aromatic rings. The highest BCUT2D eigenvalue weighted by Gasteiger charge is 2.04. The van der Waals surface area contributed by atoms with Crippen molar-refractivity contribution in [3.8, 4) is 0 Å². The summed E-state index contributed by atoms with van der Waals surface area (Å²) in [5.74, 6) is -2.19. The molecule has 6 heteroatoms.